The molecule has 0 aliphatic rings. The SMILES string of the molecule is CCOc1ccc(-c2nc(CC(=O)NCCc3cccs3)cs2)cc1. The van der Waals surface area contributed by atoms with E-state index in [4.69, 9.17) is 4.74 Å². The Bertz CT molecular complexity index is 795. The largest absolute Gasteiger partial charge is 0.494 e. The second-order valence-electron chi connectivity index (χ2n) is 5.46. The number of carbonyl (C=O) groups excluding carboxylic acids is 1. The van der Waals surface area contributed by atoms with Gasteiger partial charge >= 0.3 is 0 Å². The van der Waals surface area contributed by atoms with Crippen LogP contribution in [0, 0.1) is 0 Å². The van der Waals surface area contributed by atoms with E-state index < -0.39 is 0 Å². The number of rotatable bonds is 8. The van der Waals surface area contributed by atoms with Gasteiger partial charge in [0.1, 0.15) is 10.8 Å². The molecule has 1 aromatic carbocycles. The fourth-order valence-corrected chi connectivity index (χ4v) is 3.92. The highest BCUT2D eigenvalue weighted by Gasteiger charge is 2.09. The zero-order chi connectivity index (χ0) is 17.5. The number of carbonyl (C=O) groups is 1. The summed E-state index contributed by atoms with van der Waals surface area (Å²) in [4.78, 5) is 17.9. The maximum absolute atomic E-state index is 12.0. The van der Waals surface area contributed by atoms with Gasteiger partial charge in [0.15, 0.2) is 0 Å². The molecule has 0 fully saturated rings. The van der Waals surface area contributed by atoms with Gasteiger partial charge in [0.25, 0.3) is 0 Å². The van der Waals surface area contributed by atoms with E-state index in [0.29, 0.717) is 19.6 Å². The van der Waals surface area contributed by atoms with E-state index in [-0.39, 0.29) is 5.91 Å². The van der Waals surface area contributed by atoms with Gasteiger partial charge in [0.2, 0.25) is 5.91 Å². The van der Waals surface area contributed by atoms with Gasteiger partial charge in [-0.15, -0.1) is 22.7 Å². The van der Waals surface area contributed by atoms with E-state index in [0.717, 1.165) is 28.4 Å². The van der Waals surface area contributed by atoms with E-state index in [1.54, 1.807) is 22.7 Å². The van der Waals surface area contributed by atoms with Crippen molar-refractivity contribution in [3.05, 3.63) is 57.7 Å². The van der Waals surface area contributed by atoms with E-state index in [2.05, 4.69) is 21.7 Å². The number of thiazole rings is 1. The lowest BCUT2D eigenvalue weighted by Crippen LogP contribution is -2.27. The Kier molecular flexibility index (Phi) is 6.19. The topological polar surface area (TPSA) is 51.2 Å². The van der Waals surface area contributed by atoms with Crippen LogP contribution in [0.2, 0.25) is 0 Å². The van der Waals surface area contributed by atoms with Crippen molar-refractivity contribution in [1.29, 1.82) is 0 Å². The van der Waals surface area contributed by atoms with Gasteiger partial charge in [0, 0.05) is 22.4 Å². The summed E-state index contributed by atoms with van der Waals surface area (Å²) >= 11 is 3.27. The van der Waals surface area contributed by atoms with Crippen LogP contribution in [-0.4, -0.2) is 24.0 Å². The van der Waals surface area contributed by atoms with Crippen molar-refractivity contribution in [2.75, 3.05) is 13.2 Å². The fourth-order valence-electron chi connectivity index (χ4n) is 2.39. The number of benzene rings is 1. The molecule has 3 rings (SSSR count). The smallest absolute Gasteiger partial charge is 0.226 e. The number of nitrogens with one attached hydrogen (secondary N) is 1. The molecule has 0 saturated carbocycles. The van der Waals surface area contributed by atoms with Crippen molar-refractivity contribution in [1.82, 2.24) is 10.3 Å². The Hall–Kier alpha value is -2.18. The molecule has 130 valence electrons. The minimum atomic E-state index is 0.0140. The number of amides is 1. The quantitative estimate of drug-likeness (QED) is 0.646. The molecule has 0 saturated heterocycles. The molecule has 1 amide bonds. The van der Waals surface area contributed by atoms with Gasteiger partial charge in [-0.1, -0.05) is 6.07 Å². The molecule has 1 N–H and O–H groups in total. The molecule has 2 heterocycles. The zero-order valence-electron chi connectivity index (χ0n) is 14.0. The highest BCUT2D eigenvalue weighted by atomic mass is 32.1. The average Bonchev–Trinajstić information content (AvgIpc) is 3.28. The molecule has 6 heteroatoms. The predicted molar refractivity (Wildman–Crippen MR) is 103 cm³/mol. The Morgan fingerprint density at radius 1 is 1.20 bits per heavy atom. The van der Waals surface area contributed by atoms with E-state index in [1.807, 2.05) is 42.6 Å². The number of nitrogens with zero attached hydrogens (tertiary/aromatic N) is 1. The van der Waals surface area contributed by atoms with E-state index in [1.165, 1.54) is 4.88 Å². The molecule has 0 aliphatic carbocycles. The van der Waals surface area contributed by atoms with Gasteiger partial charge < -0.3 is 10.1 Å². The van der Waals surface area contributed by atoms with Gasteiger partial charge in [-0.05, 0) is 49.1 Å². The molecule has 0 unspecified atom stereocenters. The van der Waals surface area contributed by atoms with Gasteiger partial charge in [0.05, 0.1) is 18.7 Å². The van der Waals surface area contributed by atoms with Crippen LogP contribution < -0.4 is 10.1 Å². The maximum atomic E-state index is 12.0. The fraction of sp³-hybridized carbons (Fsp3) is 0.263. The molecule has 0 radical (unpaired) electrons. The number of ether oxygens (including phenoxy) is 1. The summed E-state index contributed by atoms with van der Waals surface area (Å²) < 4.78 is 5.45. The zero-order valence-corrected chi connectivity index (χ0v) is 15.7. The van der Waals surface area contributed by atoms with Gasteiger partial charge in [-0.3, -0.25) is 4.79 Å². The summed E-state index contributed by atoms with van der Waals surface area (Å²) in [6.07, 6.45) is 1.19. The van der Waals surface area contributed by atoms with Crippen LogP contribution in [0.3, 0.4) is 0 Å². The molecule has 0 aliphatic heterocycles. The molecule has 0 spiro atoms. The van der Waals surface area contributed by atoms with Crippen LogP contribution >= 0.6 is 22.7 Å². The Morgan fingerprint density at radius 3 is 2.76 bits per heavy atom. The van der Waals surface area contributed by atoms with Crippen LogP contribution in [-0.2, 0) is 17.6 Å². The van der Waals surface area contributed by atoms with Crippen LogP contribution in [0.4, 0.5) is 0 Å². The average molecular weight is 373 g/mol. The van der Waals surface area contributed by atoms with Crippen molar-refractivity contribution in [2.24, 2.45) is 0 Å². The predicted octanol–water partition coefficient (Wildman–Crippen LogP) is 4.17. The molecular formula is C19H20N2O2S2. The van der Waals surface area contributed by atoms with Crippen molar-refractivity contribution in [2.45, 2.75) is 19.8 Å². The van der Waals surface area contributed by atoms with E-state index >= 15 is 0 Å². The van der Waals surface area contributed by atoms with Crippen LogP contribution in [0.15, 0.2) is 47.2 Å². The van der Waals surface area contributed by atoms with Crippen LogP contribution in [0.1, 0.15) is 17.5 Å². The normalized spacial score (nSPS) is 10.6. The van der Waals surface area contributed by atoms with Gasteiger partial charge in [-0.2, -0.15) is 0 Å². The summed E-state index contributed by atoms with van der Waals surface area (Å²) in [6, 6.07) is 12.0. The third kappa shape index (κ3) is 5.14. The molecule has 4 nitrogen and oxygen atoms in total. The molecular weight excluding hydrogens is 352 g/mol. The first-order chi connectivity index (χ1) is 12.2. The highest BCUT2D eigenvalue weighted by Crippen LogP contribution is 2.26. The first kappa shape index (κ1) is 17.6. The van der Waals surface area contributed by atoms with Crippen molar-refractivity contribution >= 4 is 28.6 Å². The lowest BCUT2D eigenvalue weighted by Gasteiger charge is -2.03. The monoisotopic (exact) mass is 372 g/mol. The number of hydrogen-bond acceptors (Lipinski definition) is 5. The Morgan fingerprint density at radius 2 is 2.04 bits per heavy atom. The Balaban J connectivity index is 1.51. The number of aromatic nitrogens is 1. The molecule has 3 aromatic rings. The van der Waals surface area contributed by atoms with Crippen molar-refractivity contribution in [3.63, 3.8) is 0 Å². The van der Waals surface area contributed by atoms with Gasteiger partial charge in [-0.25, -0.2) is 4.98 Å². The lowest BCUT2D eigenvalue weighted by molar-refractivity contribution is -0.120. The third-order valence-corrected chi connectivity index (χ3v) is 5.46. The molecule has 2 aromatic heterocycles. The first-order valence-electron chi connectivity index (χ1n) is 8.21. The second kappa shape index (κ2) is 8.78. The van der Waals surface area contributed by atoms with Crippen LogP contribution in [0.5, 0.6) is 5.75 Å². The molecule has 0 atom stereocenters. The summed E-state index contributed by atoms with van der Waals surface area (Å²) in [5, 5.41) is 7.88. The summed E-state index contributed by atoms with van der Waals surface area (Å²) in [7, 11) is 0. The second-order valence-corrected chi connectivity index (χ2v) is 7.35. The first-order valence-corrected chi connectivity index (χ1v) is 9.97. The van der Waals surface area contributed by atoms with Crippen molar-refractivity contribution < 1.29 is 9.53 Å². The summed E-state index contributed by atoms with van der Waals surface area (Å²) in [5.41, 5.74) is 1.85. The maximum Gasteiger partial charge on any atom is 0.226 e. The summed E-state index contributed by atoms with van der Waals surface area (Å²) in [6.45, 7) is 3.28. The number of thiophene rings is 1. The summed E-state index contributed by atoms with van der Waals surface area (Å²) in [5.74, 6) is 0.869. The number of hydrogen-bond donors (Lipinski definition) is 1. The standard InChI is InChI=1S/C19H20N2O2S2/c1-2-23-16-7-5-14(6-8-16)19-21-15(13-25-19)12-18(22)20-10-9-17-4-3-11-24-17/h3-8,11,13H,2,9-10,12H2,1H3,(H,20,22). The molecule has 0 bridgehead atoms. The van der Waals surface area contributed by atoms with Crippen LogP contribution in [0.25, 0.3) is 10.6 Å². The Labute approximate surface area is 155 Å². The minimum Gasteiger partial charge on any atom is -0.494 e. The van der Waals surface area contributed by atoms with E-state index in [9.17, 15) is 4.79 Å². The van der Waals surface area contributed by atoms with Crippen molar-refractivity contribution in [3.8, 4) is 16.3 Å². The molecule has 25 heavy (non-hydrogen) atoms. The highest BCUT2D eigenvalue weighted by molar-refractivity contribution is 7.13. The third-order valence-electron chi connectivity index (χ3n) is 3.58. The lowest BCUT2D eigenvalue weighted by atomic mass is 10.2. The minimum absolute atomic E-state index is 0.0140.